The number of nitrogens with two attached hydrogens (primary N) is 1. The highest BCUT2D eigenvalue weighted by atomic mass is 16.5. The van der Waals surface area contributed by atoms with Crippen molar-refractivity contribution in [3.8, 4) is 11.1 Å². The molecule has 2 saturated heterocycles. The molecule has 0 radical (unpaired) electrons. The van der Waals surface area contributed by atoms with Gasteiger partial charge in [-0.25, -0.2) is 0 Å². The van der Waals surface area contributed by atoms with E-state index >= 15 is 0 Å². The Morgan fingerprint density at radius 2 is 1.76 bits per heavy atom. The maximum Gasteiger partial charge on any atom is 0.250 e. The van der Waals surface area contributed by atoms with Gasteiger partial charge in [0.25, 0.3) is 5.91 Å². The van der Waals surface area contributed by atoms with Crippen LogP contribution in [0.15, 0.2) is 36.5 Å². The Morgan fingerprint density at radius 1 is 1.06 bits per heavy atom. The molecule has 6 aliphatic rings. The molecule has 2 aliphatic heterocycles. The van der Waals surface area contributed by atoms with Crippen molar-refractivity contribution in [3.05, 3.63) is 53.3 Å². The maximum absolute atomic E-state index is 12.5. The van der Waals surface area contributed by atoms with E-state index in [1.54, 1.807) is 0 Å². The van der Waals surface area contributed by atoms with Crippen molar-refractivity contribution in [1.29, 1.82) is 0 Å². The number of fused-ring (bicyclic) bond motifs is 4. The van der Waals surface area contributed by atoms with E-state index in [9.17, 15) is 9.90 Å². The number of piperidine rings is 1. The van der Waals surface area contributed by atoms with Crippen molar-refractivity contribution in [1.82, 2.24) is 9.88 Å². The third-order valence-electron chi connectivity index (χ3n) is 9.96. The second-order valence-corrected chi connectivity index (χ2v) is 11.7. The van der Waals surface area contributed by atoms with Gasteiger partial charge in [-0.3, -0.25) is 14.7 Å². The van der Waals surface area contributed by atoms with E-state index in [1.807, 2.05) is 12.3 Å². The van der Waals surface area contributed by atoms with Crippen LogP contribution < -0.4 is 5.73 Å². The molecular formula is C28H33N3O3. The summed E-state index contributed by atoms with van der Waals surface area (Å²) in [6.07, 6.45) is 8.16. The highest BCUT2D eigenvalue weighted by Crippen LogP contribution is 2.59. The average molecular weight is 460 g/mol. The van der Waals surface area contributed by atoms with Crippen molar-refractivity contribution >= 4 is 5.91 Å². The Bertz CT molecular complexity index is 1130. The fourth-order valence-corrected chi connectivity index (χ4v) is 7.43. The van der Waals surface area contributed by atoms with Gasteiger partial charge in [0.15, 0.2) is 0 Å². The largest absolute Gasteiger partial charge is 0.390 e. The molecule has 1 aromatic heterocycles. The van der Waals surface area contributed by atoms with Crippen molar-refractivity contribution < 1.29 is 14.6 Å². The van der Waals surface area contributed by atoms with E-state index in [-0.39, 0.29) is 5.41 Å². The molecule has 2 atom stereocenters. The highest BCUT2D eigenvalue weighted by Gasteiger charge is 2.61. The number of likely N-dealkylation sites (tertiary alicyclic amines) is 1. The van der Waals surface area contributed by atoms with Crippen molar-refractivity contribution in [2.75, 3.05) is 26.3 Å². The van der Waals surface area contributed by atoms with E-state index < -0.39 is 11.5 Å². The van der Waals surface area contributed by atoms with E-state index in [4.69, 9.17) is 15.5 Å². The SMILES string of the molecule is NC(=O)c1cc(-c2ccc([C@@]34C[C@@H]3CN(C3COC3)C4)cc2)cnc1C12CCC(O)(CC1)CC2. The number of carbonyl (C=O) groups is 1. The van der Waals surface area contributed by atoms with Crippen LogP contribution in [-0.4, -0.2) is 58.8 Å². The Hall–Kier alpha value is -2.28. The first-order valence-corrected chi connectivity index (χ1v) is 12.9. The minimum atomic E-state index is -0.515. The topological polar surface area (TPSA) is 88.7 Å². The van der Waals surface area contributed by atoms with Gasteiger partial charge in [-0.2, -0.15) is 0 Å². The van der Waals surface area contributed by atoms with Crippen LogP contribution in [0.3, 0.4) is 0 Å². The zero-order chi connectivity index (χ0) is 23.1. The molecule has 6 fully saturated rings. The second-order valence-electron chi connectivity index (χ2n) is 11.7. The lowest BCUT2D eigenvalue weighted by molar-refractivity contribution is -0.0670. The summed E-state index contributed by atoms with van der Waals surface area (Å²) in [6.45, 7) is 4.11. The number of primary amides is 1. The smallest absolute Gasteiger partial charge is 0.250 e. The van der Waals surface area contributed by atoms with Gasteiger partial charge >= 0.3 is 0 Å². The van der Waals surface area contributed by atoms with Crippen LogP contribution in [0.1, 0.15) is 66.6 Å². The van der Waals surface area contributed by atoms with Crippen molar-refractivity contribution in [2.45, 2.75) is 67.4 Å². The van der Waals surface area contributed by atoms with E-state index in [0.717, 1.165) is 81.0 Å². The number of aromatic nitrogens is 1. The molecule has 2 aromatic rings. The second kappa shape index (κ2) is 7.12. The lowest BCUT2D eigenvalue weighted by atomic mass is 9.57. The number of nitrogens with zero attached hydrogens (tertiary/aromatic N) is 2. The summed E-state index contributed by atoms with van der Waals surface area (Å²) in [7, 11) is 0. The Kier molecular flexibility index (Phi) is 4.41. The zero-order valence-electron chi connectivity index (χ0n) is 19.6. The average Bonchev–Trinajstić information content (AvgIpc) is 3.39. The van der Waals surface area contributed by atoms with E-state index in [2.05, 4.69) is 29.2 Å². The minimum absolute atomic E-state index is 0.128. The van der Waals surface area contributed by atoms with Crippen LogP contribution >= 0.6 is 0 Å². The van der Waals surface area contributed by atoms with Gasteiger partial charge in [-0.05, 0) is 68.1 Å². The number of benzene rings is 1. The molecule has 8 rings (SSSR count). The van der Waals surface area contributed by atoms with Crippen LogP contribution in [0.5, 0.6) is 0 Å². The zero-order valence-corrected chi connectivity index (χ0v) is 19.6. The summed E-state index contributed by atoms with van der Waals surface area (Å²) in [4.78, 5) is 20.0. The molecule has 34 heavy (non-hydrogen) atoms. The van der Waals surface area contributed by atoms with Gasteiger partial charge in [0.2, 0.25) is 0 Å². The fourth-order valence-electron chi connectivity index (χ4n) is 7.43. The Balaban J connectivity index is 1.15. The Labute approximate surface area is 200 Å². The fraction of sp³-hybridized carbons (Fsp3) is 0.571. The number of pyridine rings is 1. The quantitative estimate of drug-likeness (QED) is 0.717. The molecule has 4 aliphatic carbocycles. The Morgan fingerprint density at radius 3 is 2.38 bits per heavy atom. The number of aliphatic hydroxyl groups is 1. The van der Waals surface area contributed by atoms with Crippen LogP contribution in [0, 0.1) is 5.92 Å². The van der Waals surface area contributed by atoms with Crippen molar-refractivity contribution in [3.63, 3.8) is 0 Å². The molecule has 178 valence electrons. The number of carbonyl (C=O) groups excluding carboxylic acids is 1. The minimum Gasteiger partial charge on any atom is -0.390 e. The summed E-state index contributed by atoms with van der Waals surface area (Å²) in [6, 6.07) is 11.5. The first kappa shape index (κ1) is 21.0. The molecule has 0 spiro atoms. The number of ether oxygens (including phenoxy) is 1. The van der Waals surface area contributed by atoms with Gasteiger partial charge in [0.05, 0.1) is 36.1 Å². The van der Waals surface area contributed by atoms with Gasteiger partial charge in [-0.1, -0.05) is 24.3 Å². The molecule has 3 heterocycles. The maximum atomic E-state index is 12.5. The molecule has 6 heteroatoms. The molecule has 1 aromatic carbocycles. The molecule has 2 bridgehead atoms. The number of amides is 1. The van der Waals surface area contributed by atoms with Crippen LogP contribution in [-0.2, 0) is 15.6 Å². The van der Waals surface area contributed by atoms with E-state index in [1.165, 1.54) is 18.5 Å². The van der Waals surface area contributed by atoms with Crippen molar-refractivity contribution in [2.24, 2.45) is 11.7 Å². The van der Waals surface area contributed by atoms with Gasteiger partial charge < -0.3 is 15.6 Å². The summed E-state index contributed by atoms with van der Waals surface area (Å²) in [5, 5.41) is 10.6. The molecule has 4 saturated carbocycles. The first-order valence-electron chi connectivity index (χ1n) is 12.9. The first-order chi connectivity index (χ1) is 16.4. The van der Waals surface area contributed by atoms with Crippen LogP contribution in [0.4, 0.5) is 0 Å². The lowest BCUT2D eigenvalue weighted by Gasteiger charge is -2.51. The van der Waals surface area contributed by atoms with E-state index in [0.29, 0.717) is 17.0 Å². The third-order valence-corrected chi connectivity index (χ3v) is 9.96. The number of rotatable bonds is 5. The van der Waals surface area contributed by atoms with Gasteiger partial charge in [-0.15, -0.1) is 0 Å². The predicted octanol–water partition coefficient (Wildman–Crippen LogP) is 3.16. The molecular weight excluding hydrogens is 426 g/mol. The van der Waals surface area contributed by atoms with Gasteiger partial charge in [0.1, 0.15) is 0 Å². The molecule has 3 N–H and O–H groups in total. The monoisotopic (exact) mass is 459 g/mol. The lowest BCUT2D eigenvalue weighted by Crippen LogP contribution is -2.49. The summed E-state index contributed by atoms with van der Waals surface area (Å²) >= 11 is 0. The van der Waals surface area contributed by atoms with Crippen LogP contribution in [0.25, 0.3) is 11.1 Å². The highest BCUT2D eigenvalue weighted by molar-refractivity contribution is 5.95. The van der Waals surface area contributed by atoms with Crippen LogP contribution in [0.2, 0.25) is 0 Å². The standard InChI is InChI=1S/C28H33N3O3/c29-25(32)23-11-19(13-30-24(23)26-5-8-27(33,9-6-26)10-7-26)18-1-3-20(4-2-18)28-12-21(28)14-31(17-28)22-15-34-16-22/h1-4,11,13,21-22,33H,5-10,12,14-17H2,(H2,29,32)/t21-,26?,27?,28+/m1/s1. The molecule has 6 nitrogen and oxygen atoms in total. The predicted molar refractivity (Wildman–Crippen MR) is 128 cm³/mol. The summed E-state index contributed by atoms with van der Waals surface area (Å²) < 4.78 is 5.40. The molecule has 0 unspecified atom stereocenters. The normalized spacial score (nSPS) is 36.8. The summed E-state index contributed by atoms with van der Waals surface area (Å²) in [5.41, 5.74) is 10.4. The van der Waals surface area contributed by atoms with Gasteiger partial charge in [0, 0.05) is 35.7 Å². The third kappa shape index (κ3) is 3.05. The summed E-state index contributed by atoms with van der Waals surface area (Å²) in [5.74, 6) is 0.358. The number of hydrogen-bond donors (Lipinski definition) is 2. The number of hydrogen-bond acceptors (Lipinski definition) is 5. The molecule has 1 amide bonds.